The van der Waals surface area contributed by atoms with Gasteiger partial charge >= 0.3 is 5.97 Å². The van der Waals surface area contributed by atoms with Gasteiger partial charge in [0.2, 0.25) is 0 Å². The van der Waals surface area contributed by atoms with E-state index in [1.807, 2.05) is 13.8 Å². The maximum Gasteiger partial charge on any atom is 0.333 e. The van der Waals surface area contributed by atoms with E-state index < -0.39 is 0 Å². The third-order valence-corrected chi connectivity index (χ3v) is 3.00. The first-order chi connectivity index (χ1) is 7.01. The molecular weight excluding hydrogens is 192 g/mol. The first-order valence-corrected chi connectivity index (χ1v) is 5.45. The molecule has 0 aliphatic rings. The van der Waals surface area contributed by atoms with E-state index in [1.54, 1.807) is 6.92 Å². The minimum Gasteiger partial charge on any atom is -0.462 e. The summed E-state index contributed by atoms with van der Waals surface area (Å²) in [4.78, 5) is 11.2. The van der Waals surface area contributed by atoms with Gasteiger partial charge in [-0.1, -0.05) is 20.4 Å². The van der Waals surface area contributed by atoms with Crippen molar-refractivity contribution < 1.29 is 14.6 Å². The van der Waals surface area contributed by atoms with E-state index in [-0.39, 0.29) is 18.0 Å². The van der Waals surface area contributed by atoms with Crippen molar-refractivity contribution in [3.8, 4) is 0 Å². The van der Waals surface area contributed by atoms with Gasteiger partial charge in [0.05, 0.1) is 6.61 Å². The second-order valence-electron chi connectivity index (χ2n) is 4.04. The lowest BCUT2D eigenvalue weighted by Gasteiger charge is -2.30. The minimum atomic E-state index is -0.348. The molecule has 88 valence electrons. The number of carbonyl (C=O) groups excluding carboxylic acids is 1. The van der Waals surface area contributed by atoms with Gasteiger partial charge in [0.1, 0.15) is 0 Å². The van der Waals surface area contributed by atoms with E-state index in [2.05, 4.69) is 6.58 Å². The van der Waals surface area contributed by atoms with Crippen LogP contribution in [0.15, 0.2) is 12.2 Å². The van der Waals surface area contributed by atoms with Crippen molar-refractivity contribution in [1.82, 2.24) is 0 Å². The molecule has 0 heterocycles. The highest BCUT2D eigenvalue weighted by Crippen LogP contribution is 2.30. The third kappa shape index (κ3) is 4.47. The molecule has 0 spiro atoms. The van der Waals surface area contributed by atoms with E-state index in [9.17, 15) is 4.79 Å². The molecule has 0 aliphatic carbocycles. The summed E-state index contributed by atoms with van der Waals surface area (Å²) in [5, 5.41) is 8.98. The Morgan fingerprint density at radius 3 is 2.27 bits per heavy atom. The van der Waals surface area contributed by atoms with Crippen molar-refractivity contribution in [1.29, 1.82) is 0 Å². The molecule has 3 nitrogen and oxygen atoms in total. The van der Waals surface area contributed by atoms with Crippen LogP contribution in [0.25, 0.3) is 0 Å². The molecule has 0 aromatic rings. The molecule has 15 heavy (non-hydrogen) atoms. The standard InChI is InChI=1S/C12H22O3/c1-5-12(6-2,7-8-13)9-15-11(14)10(3)4/h13H,3,5-9H2,1-2,4H3. The summed E-state index contributed by atoms with van der Waals surface area (Å²) in [6.45, 7) is 9.76. The fraction of sp³-hybridized carbons (Fsp3) is 0.750. The lowest BCUT2D eigenvalue weighted by atomic mass is 9.80. The number of carbonyl (C=O) groups is 1. The van der Waals surface area contributed by atoms with E-state index in [1.165, 1.54) is 0 Å². The molecular formula is C12H22O3. The Morgan fingerprint density at radius 2 is 1.93 bits per heavy atom. The van der Waals surface area contributed by atoms with Gasteiger partial charge in [-0.15, -0.1) is 0 Å². The summed E-state index contributed by atoms with van der Waals surface area (Å²) < 4.78 is 5.15. The van der Waals surface area contributed by atoms with E-state index in [4.69, 9.17) is 9.84 Å². The number of aliphatic hydroxyl groups excluding tert-OH is 1. The maximum absolute atomic E-state index is 11.2. The number of hydrogen-bond acceptors (Lipinski definition) is 3. The van der Waals surface area contributed by atoms with Crippen LogP contribution in [-0.2, 0) is 9.53 Å². The van der Waals surface area contributed by atoms with Crippen LogP contribution in [0.4, 0.5) is 0 Å². The molecule has 0 saturated carbocycles. The van der Waals surface area contributed by atoms with Crippen LogP contribution in [0.1, 0.15) is 40.0 Å². The summed E-state index contributed by atoms with van der Waals surface area (Å²) in [6, 6.07) is 0. The molecule has 0 fully saturated rings. The Bertz CT molecular complexity index is 217. The van der Waals surface area contributed by atoms with Crippen molar-refractivity contribution in [3.63, 3.8) is 0 Å². The van der Waals surface area contributed by atoms with Crippen LogP contribution < -0.4 is 0 Å². The van der Waals surface area contributed by atoms with Crippen LogP contribution in [-0.4, -0.2) is 24.3 Å². The largest absolute Gasteiger partial charge is 0.462 e. The number of esters is 1. The van der Waals surface area contributed by atoms with Crippen molar-refractivity contribution in [2.24, 2.45) is 5.41 Å². The summed E-state index contributed by atoms with van der Waals surface area (Å²) in [7, 11) is 0. The number of aliphatic hydroxyl groups is 1. The molecule has 0 aromatic heterocycles. The predicted molar refractivity (Wildman–Crippen MR) is 60.5 cm³/mol. The van der Waals surface area contributed by atoms with Gasteiger partial charge in [-0.3, -0.25) is 0 Å². The van der Waals surface area contributed by atoms with Crippen molar-refractivity contribution in [2.45, 2.75) is 40.0 Å². The van der Waals surface area contributed by atoms with Gasteiger partial charge in [0.25, 0.3) is 0 Å². The number of hydrogen-bond donors (Lipinski definition) is 1. The monoisotopic (exact) mass is 214 g/mol. The Kier molecular flexibility index (Phi) is 6.25. The third-order valence-electron chi connectivity index (χ3n) is 3.00. The van der Waals surface area contributed by atoms with Gasteiger partial charge in [-0.25, -0.2) is 4.79 Å². The molecule has 0 saturated heterocycles. The summed E-state index contributed by atoms with van der Waals surface area (Å²) in [5.41, 5.74) is 0.333. The predicted octanol–water partition coefficient (Wildman–Crippen LogP) is 2.29. The highest BCUT2D eigenvalue weighted by Gasteiger charge is 2.27. The molecule has 0 rings (SSSR count). The van der Waals surface area contributed by atoms with Crippen LogP contribution in [0.3, 0.4) is 0 Å². The smallest absolute Gasteiger partial charge is 0.333 e. The second kappa shape index (κ2) is 6.62. The van der Waals surface area contributed by atoms with Crippen LogP contribution in [0.5, 0.6) is 0 Å². The van der Waals surface area contributed by atoms with Crippen molar-refractivity contribution in [3.05, 3.63) is 12.2 Å². The van der Waals surface area contributed by atoms with E-state index >= 15 is 0 Å². The zero-order valence-corrected chi connectivity index (χ0v) is 10.0. The Balaban J connectivity index is 4.28. The summed E-state index contributed by atoms with van der Waals surface area (Å²) in [6.07, 6.45) is 2.46. The van der Waals surface area contributed by atoms with Crippen LogP contribution in [0, 0.1) is 5.41 Å². The molecule has 1 N–H and O–H groups in total. The molecule has 0 atom stereocenters. The SMILES string of the molecule is C=C(C)C(=O)OCC(CC)(CC)CCO. The lowest BCUT2D eigenvalue weighted by molar-refractivity contribution is -0.143. The molecule has 0 aliphatic heterocycles. The average molecular weight is 214 g/mol. The van der Waals surface area contributed by atoms with Gasteiger partial charge < -0.3 is 9.84 Å². The highest BCUT2D eigenvalue weighted by atomic mass is 16.5. The van der Waals surface area contributed by atoms with E-state index in [0.29, 0.717) is 18.6 Å². The van der Waals surface area contributed by atoms with Gasteiger partial charge in [0, 0.05) is 17.6 Å². The highest BCUT2D eigenvalue weighted by molar-refractivity contribution is 5.86. The molecule has 0 bridgehead atoms. The van der Waals surface area contributed by atoms with Crippen LogP contribution >= 0.6 is 0 Å². The summed E-state index contributed by atoms with van der Waals surface area (Å²) in [5.74, 6) is -0.348. The summed E-state index contributed by atoms with van der Waals surface area (Å²) >= 11 is 0. The fourth-order valence-electron chi connectivity index (χ4n) is 1.46. The van der Waals surface area contributed by atoms with Gasteiger partial charge in [0.15, 0.2) is 0 Å². The fourth-order valence-corrected chi connectivity index (χ4v) is 1.46. The Morgan fingerprint density at radius 1 is 1.40 bits per heavy atom. The normalized spacial score (nSPS) is 11.2. The quantitative estimate of drug-likeness (QED) is 0.522. The first-order valence-electron chi connectivity index (χ1n) is 5.45. The molecule has 0 aromatic carbocycles. The first kappa shape index (κ1) is 14.2. The Hall–Kier alpha value is -0.830. The van der Waals surface area contributed by atoms with Gasteiger partial charge in [-0.05, 0) is 26.2 Å². The second-order valence-corrected chi connectivity index (χ2v) is 4.04. The molecule has 0 unspecified atom stereocenters. The van der Waals surface area contributed by atoms with E-state index in [0.717, 1.165) is 12.8 Å². The molecule has 3 heteroatoms. The zero-order chi connectivity index (χ0) is 11.9. The molecule has 0 amide bonds. The number of ether oxygens (including phenoxy) is 1. The number of rotatable bonds is 7. The van der Waals surface area contributed by atoms with Crippen molar-refractivity contribution in [2.75, 3.05) is 13.2 Å². The van der Waals surface area contributed by atoms with Crippen LogP contribution in [0.2, 0.25) is 0 Å². The average Bonchev–Trinajstić information content (AvgIpc) is 2.23. The lowest BCUT2D eigenvalue weighted by Crippen LogP contribution is -2.28. The van der Waals surface area contributed by atoms with Crippen molar-refractivity contribution >= 4 is 5.97 Å². The minimum absolute atomic E-state index is 0.0835. The topological polar surface area (TPSA) is 46.5 Å². The maximum atomic E-state index is 11.2. The molecule has 0 radical (unpaired) electrons. The zero-order valence-electron chi connectivity index (χ0n) is 10.0. The Labute approximate surface area is 92.1 Å². The van der Waals surface area contributed by atoms with Gasteiger partial charge in [-0.2, -0.15) is 0 Å².